The third-order valence-electron chi connectivity index (χ3n) is 2.66. The first kappa shape index (κ1) is 12.9. The highest BCUT2D eigenvalue weighted by atomic mass is 32.2. The molecule has 1 aromatic carbocycles. The van der Waals surface area contributed by atoms with Gasteiger partial charge in [-0.15, -0.1) is 0 Å². The quantitative estimate of drug-likeness (QED) is 0.793. The SMILES string of the molecule is NCC#Cc1cccc(OC2CCS(=O)(=O)C2)c1. The summed E-state index contributed by atoms with van der Waals surface area (Å²) < 4.78 is 28.3. The first-order chi connectivity index (χ1) is 8.59. The summed E-state index contributed by atoms with van der Waals surface area (Å²) in [6.07, 6.45) is 0.314. The number of ether oxygens (including phenoxy) is 1. The molecule has 0 radical (unpaired) electrons. The van der Waals surface area contributed by atoms with Gasteiger partial charge in [0.05, 0.1) is 18.1 Å². The van der Waals surface area contributed by atoms with E-state index in [1.54, 1.807) is 12.1 Å². The Labute approximate surface area is 107 Å². The van der Waals surface area contributed by atoms with E-state index < -0.39 is 9.84 Å². The van der Waals surface area contributed by atoms with Crippen molar-refractivity contribution in [2.24, 2.45) is 5.73 Å². The van der Waals surface area contributed by atoms with Gasteiger partial charge in [-0.05, 0) is 24.6 Å². The minimum Gasteiger partial charge on any atom is -0.489 e. The van der Waals surface area contributed by atoms with Gasteiger partial charge in [0.2, 0.25) is 0 Å². The lowest BCUT2D eigenvalue weighted by Gasteiger charge is -2.11. The number of hydrogen-bond acceptors (Lipinski definition) is 4. The molecule has 2 N–H and O–H groups in total. The van der Waals surface area contributed by atoms with E-state index in [4.69, 9.17) is 10.5 Å². The summed E-state index contributed by atoms with van der Waals surface area (Å²) in [5, 5.41) is 0. The number of benzene rings is 1. The van der Waals surface area contributed by atoms with Gasteiger partial charge in [0, 0.05) is 5.56 Å². The van der Waals surface area contributed by atoms with Crippen molar-refractivity contribution in [1.29, 1.82) is 0 Å². The fraction of sp³-hybridized carbons (Fsp3) is 0.385. The minimum atomic E-state index is -2.91. The predicted molar refractivity (Wildman–Crippen MR) is 70.1 cm³/mol. The highest BCUT2D eigenvalue weighted by Gasteiger charge is 2.29. The predicted octanol–water partition coefficient (Wildman–Crippen LogP) is 0.563. The van der Waals surface area contributed by atoms with Crippen LogP contribution < -0.4 is 10.5 Å². The van der Waals surface area contributed by atoms with Crippen molar-refractivity contribution in [3.8, 4) is 17.6 Å². The van der Waals surface area contributed by atoms with Crippen molar-refractivity contribution in [3.05, 3.63) is 29.8 Å². The Kier molecular flexibility index (Phi) is 3.90. The highest BCUT2D eigenvalue weighted by Crippen LogP contribution is 2.20. The molecule has 0 aliphatic carbocycles. The number of hydrogen-bond donors (Lipinski definition) is 1. The summed E-state index contributed by atoms with van der Waals surface area (Å²) in [6.45, 7) is 0.311. The molecule has 0 saturated carbocycles. The van der Waals surface area contributed by atoms with Crippen LogP contribution in [0, 0.1) is 11.8 Å². The lowest BCUT2D eigenvalue weighted by atomic mass is 10.2. The molecule has 0 amide bonds. The summed E-state index contributed by atoms with van der Waals surface area (Å²) in [4.78, 5) is 0. The largest absolute Gasteiger partial charge is 0.489 e. The average Bonchev–Trinajstić information content (AvgIpc) is 2.66. The molecule has 0 aromatic heterocycles. The molecule has 5 heteroatoms. The topological polar surface area (TPSA) is 69.4 Å². The van der Waals surface area contributed by atoms with E-state index in [-0.39, 0.29) is 17.6 Å². The Hall–Kier alpha value is -1.51. The monoisotopic (exact) mass is 265 g/mol. The lowest BCUT2D eigenvalue weighted by Crippen LogP contribution is -2.17. The normalized spacial score (nSPS) is 21.1. The second-order valence-corrected chi connectivity index (χ2v) is 6.41. The summed E-state index contributed by atoms with van der Waals surface area (Å²) in [6, 6.07) is 7.30. The van der Waals surface area contributed by atoms with E-state index in [1.165, 1.54) is 0 Å². The molecule has 0 spiro atoms. The zero-order chi connectivity index (χ0) is 13.0. The number of sulfone groups is 1. The Balaban J connectivity index is 2.06. The lowest BCUT2D eigenvalue weighted by molar-refractivity contribution is 0.229. The maximum Gasteiger partial charge on any atom is 0.154 e. The van der Waals surface area contributed by atoms with E-state index in [0.717, 1.165) is 5.56 Å². The second-order valence-electron chi connectivity index (χ2n) is 4.18. The van der Waals surface area contributed by atoms with E-state index in [2.05, 4.69) is 11.8 Å². The van der Waals surface area contributed by atoms with E-state index >= 15 is 0 Å². The van der Waals surface area contributed by atoms with E-state index in [0.29, 0.717) is 18.7 Å². The van der Waals surface area contributed by atoms with Gasteiger partial charge >= 0.3 is 0 Å². The standard InChI is InChI=1S/C13H15NO3S/c14-7-2-4-11-3-1-5-12(9-11)17-13-6-8-18(15,16)10-13/h1,3,5,9,13H,6-8,10,14H2. The zero-order valence-corrected chi connectivity index (χ0v) is 10.7. The summed E-state index contributed by atoms with van der Waals surface area (Å²) in [5.74, 6) is 6.65. The van der Waals surface area contributed by atoms with Crippen LogP contribution in [0.1, 0.15) is 12.0 Å². The molecular formula is C13H15NO3S. The van der Waals surface area contributed by atoms with Crippen LogP contribution in [0.2, 0.25) is 0 Å². The molecule has 18 heavy (non-hydrogen) atoms. The van der Waals surface area contributed by atoms with Crippen LogP contribution in [0.3, 0.4) is 0 Å². The molecule has 2 rings (SSSR count). The Bertz CT molecular complexity index is 584. The number of nitrogens with two attached hydrogens (primary N) is 1. The van der Waals surface area contributed by atoms with Gasteiger partial charge in [0.25, 0.3) is 0 Å². The first-order valence-electron chi connectivity index (χ1n) is 5.75. The Morgan fingerprint density at radius 2 is 2.28 bits per heavy atom. The molecule has 0 bridgehead atoms. The van der Waals surface area contributed by atoms with Crippen LogP contribution in [0.25, 0.3) is 0 Å². The minimum absolute atomic E-state index is 0.103. The molecule has 1 atom stereocenters. The van der Waals surface area contributed by atoms with Crippen LogP contribution in [-0.4, -0.2) is 32.6 Å². The van der Waals surface area contributed by atoms with Crippen LogP contribution >= 0.6 is 0 Å². The first-order valence-corrected chi connectivity index (χ1v) is 7.57. The van der Waals surface area contributed by atoms with Gasteiger partial charge in [-0.25, -0.2) is 8.42 Å². The molecule has 96 valence electrons. The van der Waals surface area contributed by atoms with Crippen molar-refractivity contribution in [3.63, 3.8) is 0 Å². The summed E-state index contributed by atoms with van der Waals surface area (Å²) in [7, 11) is -2.91. The second kappa shape index (κ2) is 5.42. The van der Waals surface area contributed by atoms with Gasteiger partial charge in [-0.2, -0.15) is 0 Å². The molecule has 1 unspecified atom stereocenters. The average molecular weight is 265 g/mol. The van der Waals surface area contributed by atoms with Crippen molar-refractivity contribution in [1.82, 2.24) is 0 Å². The molecule has 1 heterocycles. The van der Waals surface area contributed by atoms with Crippen LogP contribution in [0.15, 0.2) is 24.3 Å². The van der Waals surface area contributed by atoms with Crippen molar-refractivity contribution >= 4 is 9.84 Å². The fourth-order valence-corrected chi connectivity index (χ4v) is 3.44. The van der Waals surface area contributed by atoms with Gasteiger partial charge in [-0.1, -0.05) is 17.9 Å². The Morgan fingerprint density at radius 3 is 2.94 bits per heavy atom. The van der Waals surface area contributed by atoms with Gasteiger partial charge in [-0.3, -0.25) is 0 Å². The van der Waals surface area contributed by atoms with Gasteiger partial charge in [0.1, 0.15) is 11.9 Å². The molecule has 1 aromatic rings. The molecule has 4 nitrogen and oxygen atoms in total. The van der Waals surface area contributed by atoms with Crippen molar-refractivity contribution < 1.29 is 13.2 Å². The number of rotatable bonds is 2. The highest BCUT2D eigenvalue weighted by molar-refractivity contribution is 7.91. The third-order valence-corrected chi connectivity index (χ3v) is 4.40. The van der Waals surface area contributed by atoms with Gasteiger partial charge < -0.3 is 10.5 Å². The summed E-state index contributed by atoms with van der Waals surface area (Å²) in [5.41, 5.74) is 6.12. The summed E-state index contributed by atoms with van der Waals surface area (Å²) >= 11 is 0. The van der Waals surface area contributed by atoms with Crippen LogP contribution in [0.5, 0.6) is 5.75 Å². The van der Waals surface area contributed by atoms with Gasteiger partial charge in [0.15, 0.2) is 9.84 Å². The van der Waals surface area contributed by atoms with E-state index in [1.807, 2.05) is 12.1 Å². The zero-order valence-electron chi connectivity index (χ0n) is 9.93. The molecule has 1 fully saturated rings. The maximum absolute atomic E-state index is 11.3. The van der Waals surface area contributed by atoms with E-state index in [9.17, 15) is 8.42 Å². The van der Waals surface area contributed by atoms with Crippen LogP contribution in [0.4, 0.5) is 0 Å². The molecule has 1 saturated heterocycles. The smallest absolute Gasteiger partial charge is 0.154 e. The van der Waals surface area contributed by atoms with Crippen molar-refractivity contribution in [2.45, 2.75) is 12.5 Å². The Morgan fingerprint density at radius 1 is 1.44 bits per heavy atom. The molecule has 1 aliphatic rings. The molecule has 1 aliphatic heterocycles. The maximum atomic E-state index is 11.3. The molecular weight excluding hydrogens is 250 g/mol. The van der Waals surface area contributed by atoms with Crippen LogP contribution in [-0.2, 0) is 9.84 Å². The fourth-order valence-electron chi connectivity index (χ4n) is 1.85. The van der Waals surface area contributed by atoms with Crippen molar-refractivity contribution in [2.75, 3.05) is 18.1 Å². The third kappa shape index (κ3) is 3.49.